The normalized spacial score (nSPS) is 39.1. The number of nitrogens with one attached hydrogen (secondary N) is 1. The molecule has 4 aliphatic rings. The average molecular weight is 343 g/mol. The molecule has 3 aliphatic carbocycles. The Balaban J connectivity index is 1.16. The first kappa shape index (κ1) is 16.0. The van der Waals surface area contributed by atoms with E-state index in [0.717, 1.165) is 25.4 Å². The second-order valence-corrected chi connectivity index (χ2v) is 8.46. The fourth-order valence-electron chi connectivity index (χ4n) is 6.06. The van der Waals surface area contributed by atoms with Crippen molar-refractivity contribution >= 4 is 0 Å². The molecular weight excluding hydrogens is 314 g/mol. The Kier molecular flexibility index (Phi) is 4.17. The molecule has 5 nitrogen and oxygen atoms in total. The van der Waals surface area contributed by atoms with Gasteiger partial charge in [-0.15, -0.1) is 0 Å². The lowest BCUT2D eigenvalue weighted by Crippen LogP contribution is -2.69. The number of rotatable bonds is 4. The topological polar surface area (TPSA) is 56.3 Å². The van der Waals surface area contributed by atoms with Gasteiger partial charge in [0.25, 0.3) is 0 Å². The summed E-state index contributed by atoms with van der Waals surface area (Å²) in [7, 11) is 0. The van der Waals surface area contributed by atoms with E-state index >= 15 is 0 Å². The monoisotopic (exact) mass is 343 g/mol. The third kappa shape index (κ3) is 2.76. The Hall–Kier alpha value is -1.20. The SMILES string of the molecule is c1cnc(OC2CCC(NC3[C@H]4CCO[C@H]4C34CCCC4)CC2)cn1. The molecule has 1 aromatic heterocycles. The maximum atomic E-state index is 6.12. The van der Waals surface area contributed by atoms with E-state index in [1.807, 2.05) is 0 Å². The predicted octanol–water partition coefficient (Wildman–Crippen LogP) is 3.10. The van der Waals surface area contributed by atoms with Crippen LogP contribution < -0.4 is 10.1 Å². The van der Waals surface area contributed by atoms with Crippen LogP contribution in [0, 0.1) is 11.3 Å². The standard InChI is InChI=1S/C20H29N3O2/c1-2-9-20(8-1)18(16-7-12-24-19(16)20)23-14-3-5-15(6-4-14)25-17-13-21-10-11-22-17/h10-11,13-16,18-19,23H,1-9,12H2/t14?,15?,16-,18?,19-/m1/s1. The lowest BCUT2D eigenvalue weighted by atomic mass is 9.54. The molecule has 4 fully saturated rings. The zero-order valence-corrected chi connectivity index (χ0v) is 14.9. The van der Waals surface area contributed by atoms with Gasteiger partial charge in [0.2, 0.25) is 5.88 Å². The summed E-state index contributed by atoms with van der Waals surface area (Å²) >= 11 is 0. The molecule has 1 aliphatic heterocycles. The van der Waals surface area contributed by atoms with Crippen molar-refractivity contribution in [3.05, 3.63) is 18.6 Å². The quantitative estimate of drug-likeness (QED) is 0.910. The van der Waals surface area contributed by atoms with Crippen molar-refractivity contribution in [1.82, 2.24) is 15.3 Å². The molecular formula is C20H29N3O2. The predicted molar refractivity (Wildman–Crippen MR) is 94.4 cm³/mol. The van der Waals surface area contributed by atoms with Crippen LogP contribution in [-0.2, 0) is 4.74 Å². The molecule has 3 atom stereocenters. The molecule has 5 rings (SSSR count). The van der Waals surface area contributed by atoms with Crippen molar-refractivity contribution in [3.8, 4) is 5.88 Å². The van der Waals surface area contributed by atoms with E-state index in [0.29, 0.717) is 35.6 Å². The van der Waals surface area contributed by atoms with Crippen molar-refractivity contribution in [2.75, 3.05) is 6.61 Å². The van der Waals surface area contributed by atoms with Crippen LogP contribution in [-0.4, -0.2) is 40.9 Å². The van der Waals surface area contributed by atoms with Crippen molar-refractivity contribution in [2.24, 2.45) is 11.3 Å². The first-order chi connectivity index (χ1) is 12.4. The summed E-state index contributed by atoms with van der Waals surface area (Å²) < 4.78 is 12.1. The summed E-state index contributed by atoms with van der Waals surface area (Å²) in [6.45, 7) is 0.980. The van der Waals surface area contributed by atoms with Crippen molar-refractivity contribution in [3.63, 3.8) is 0 Å². The number of ether oxygens (including phenoxy) is 2. The zero-order valence-electron chi connectivity index (χ0n) is 14.9. The van der Waals surface area contributed by atoms with E-state index < -0.39 is 0 Å². The number of hydrogen-bond donors (Lipinski definition) is 1. The van der Waals surface area contributed by atoms with Gasteiger partial charge in [0.1, 0.15) is 6.10 Å². The summed E-state index contributed by atoms with van der Waals surface area (Å²) in [4.78, 5) is 8.32. The molecule has 3 saturated carbocycles. The molecule has 1 aromatic rings. The van der Waals surface area contributed by atoms with Crippen LogP contribution in [0.5, 0.6) is 5.88 Å². The fraction of sp³-hybridized carbons (Fsp3) is 0.800. The summed E-state index contributed by atoms with van der Waals surface area (Å²) in [5, 5.41) is 4.08. The van der Waals surface area contributed by atoms with Gasteiger partial charge in [-0.2, -0.15) is 0 Å². The van der Waals surface area contributed by atoms with E-state index in [2.05, 4.69) is 15.3 Å². The van der Waals surface area contributed by atoms with Gasteiger partial charge in [0, 0.05) is 42.4 Å². The van der Waals surface area contributed by atoms with Crippen molar-refractivity contribution in [1.29, 1.82) is 0 Å². The molecule has 1 unspecified atom stereocenters. The van der Waals surface area contributed by atoms with E-state index in [-0.39, 0.29) is 0 Å². The minimum absolute atomic E-state index is 0.291. The minimum Gasteiger partial charge on any atom is -0.473 e. The molecule has 1 N–H and O–H groups in total. The van der Waals surface area contributed by atoms with E-state index in [9.17, 15) is 0 Å². The molecule has 1 spiro atoms. The third-order valence-electron chi connectivity index (χ3n) is 7.20. The summed E-state index contributed by atoms with van der Waals surface area (Å²) in [5.74, 6) is 1.43. The fourth-order valence-corrected chi connectivity index (χ4v) is 6.06. The van der Waals surface area contributed by atoms with E-state index in [4.69, 9.17) is 9.47 Å². The molecule has 2 heterocycles. The first-order valence-electron chi connectivity index (χ1n) is 10.2. The van der Waals surface area contributed by atoms with Crippen LogP contribution in [0.4, 0.5) is 0 Å². The molecule has 5 heteroatoms. The van der Waals surface area contributed by atoms with Gasteiger partial charge in [-0.3, -0.25) is 4.98 Å². The van der Waals surface area contributed by atoms with E-state index in [1.165, 1.54) is 44.9 Å². The second-order valence-electron chi connectivity index (χ2n) is 8.46. The molecule has 25 heavy (non-hydrogen) atoms. The van der Waals surface area contributed by atoms with E-state index in [1.54, 1.807) is 18.6 Å². The maximum absolute atomic E-state index is 6.12. The highest BCUT2D eigenvalue weighted by molar-refractivity contribution is 5.17. The number of fused-ring (bicyclic) bond motifs is 2. The lowest BCUT2D eigenvalue weighted by Gasteiger charge is -2.58. The Bertz CT molecular complexity index is 582. The smallest absolute Gasteiger partial charge is 0.232 e. The van der Waals surface area contributed by atoms with Gasteiger partial charge >= 0.3 is 0 Å². The summed E-state index contributed by atoms with van der Waals surface area (Å²) in [5.41, 5.74) is 0.466. The maximum Gasteiger partial charge on any atom is 0.232 e. The zero-order chi connectivity index (χ0) is 16.7. The molecule has 0 bridgehead atoms. The highest BCUT2D eigenvalue weighted by Crippen LogP contribution is 2.60. The average Bonchev–Trinajstić information content (AvgIpc) is 3.31. The minimum atomic E-state index is 0.291. The van der Waals surface area contributed by atoms with Crippen molar-refractivity contribution in [2.45, 2.75) is 82.1 Å². The van der Waals surface area contributed by atoms with Crippen molar-refractivity contribution < 1.29 is 9.47 Å². The Morgan fingerprint density at radius 3 is 2.68 bits per heavy atom. The first-order valence-corrected chi connectivity index (χ1v) is 10.2. The van der Waals surface area contributed by atoms with Gasteiger partial charge in [-0.05, 0) is 44.9 Å². The van der Waals surface area contributed by atoms with Crippen LogP contribution in [0.15, 0.2) is 18.6 Å². The Morgan fingerprint density at radius 2 is 1.92 bits per heavy atom. The molecule has 1 saturated heterocycles. The molecule has 136 valence electrons. The highest BCUT2D eigenvalue weighted by Gasteiger charge is 2.64. The van der Waals surface area contributed by atoms with Crippen LogP contribution in [0.2, 0.25) is 0 Å². The summed E-state index contributed by atoms with van der Waals surface area (Å²) in [6.07, 6.45) is 17.4. The van der Waals surface area contributed by atoms with Gasteiger partial charge in [-0.1, -0.05) is 12.8 Å². The van der Waals surface area contributed by atoms with Gasteiger partial charge in [-0.25, -0.2) is 4.98 Å². The second kappa shape index (κ2) is 6.51. The van der Waals surface area contributed by atoms with Gasteiger partial charge in [0.05, 0.1) is 12.3 Å². The lowest BCUT2D eigenvalue weighted by molar-refractivity contribution is -0.134. The largest absolute Gasteiger partial charge is 0.473 e. The summed E-state index contributed by atoms with van der Waals surface area (Å²) in [6, 6.07) is 1.34. The Morgan fingerprint density at radius 1 is 1.08 bits per heavy atom. The molecule has 0 radical (unpaired) electrons. The van der Waals surface area contributed by atoms with Gasteiger partial charge in [0.15, 0.2) is 0 Å². The number of aromatic nitrogens is 2. The van der Waals surface area contributed by atoms with Crippen LogP contribution >= 0.6 is 0 Å². The molecule has 0 aromatic carbocycles. The number of hydrogen-bond acceptors (Lipinski definition) is 5. The van der Waals surface area contributed by atoms with Crippen LogP contribution in [0.1, 0.15) is 57.8 Å². The van der Waals surface area contributed by atoms with Crippen LogP contribution in [0.25, 0.3) is 0 Å². The van der Waals surface area contributed by atoms with Gasteiger partial charge < -0.3 is 14.8 Å². The molecule has 0 amide bonds. The highest BCUT2D eigenvalue weighted by atomic mass is 16.5. The van der Waals surface area contributed by atoms with Crippen LogP contribution in [0.3, 0.4) is 0 Å². The third-order valence-corrected chi connectivity index (χ3v) is 7.20. The number of nitrogens with zero attached hydrogens (tertiary/aromatic N) is 2. The Labute approximate surface area is 149 Å².